The van der Waals surface area contributed by atoms with E-state index in [9.17, 15) is 15.3 Å². The molecular weight excluding hydrogens is 1030 g/mol. The molecule has 0 fully saturated rings. The van der Waals surface area contributed by atoms with Gasteiger partial charge in [-0.2, -0.15) is 0 Å². The summed E-state index contributed by atoms with van der Waals surface area (Å²) in [6.45, 7) is 95.5. The van der Waals surface area contributed by atoms with Crippen LogP contribution in [0.2, 0.25) is 0 Å². The van der Waals surface area contributed by atoms with Gasteiger partial charge in [0, 0.05) is 13.2 Å². The number of hydrogen-bond acceptors (Lipinski definition) is 5. The van der Waals surface area contributed by atoms with Gasteiger partial charge in [-0.05, 0) is 174 Å². The highest BCUT2D eigenvalue weighted by atomic mass is 16.3. The lowest BCUT2D eigenvalue weighted by Crippen LogP contribution is -2.19. The summed E-state index contributed by atoms with van der Waals surface area (Å²) in [6, 6.07) is 0. The summed E-state index contributed by atoms with van der Waals surface area (Å²) in [6.07, 6.45) is 6.60. The Bertz CT molecular complexity index is 1020. The van der Waals surface area contributed by atoms with Crippen molar-refractivity contribution in [3.05, 3.63) is 0 Å². The second-order valence-electron chi connectivity index (χ2n) is 33.4. The van der Waals surface area contributed by atoms with E-state index in [4.69, 9.17) is 10.2 Å². The lowest BCUT2D eigenvalue weighted by Gasteiger charge is -2.21. The number of aliphatic hydroxyl groups is 5. The Labute approximate surface area is 538 Å². The van der Waals surface area contributed by atoms with Gasteiger partial charge in [-0.3, -0.25) is 0 Å². The molecule has 0 spiro atoms. The first kappa shape index (κ1) is 105. The highest BCUT2D eigenvalue weighted by Gasteiger charge is 2.17. The molecule has 5 N–H and O–H groups in total. The molecule has 0 saturated heterocycles. The van der Waals surface area contributed by atoms with Crippen molar-refractivity contribution < 1.29 is 25.5 Å². The molecule has 5 heteroatoms. The lowest BCUT2D eigenvalue weighted by atomic mass is 9.86. The SMILES string of the molecule is CC(C)C(C)C(C)C.CC(C)C(C)C(C)C.CC(C)C(C)C(C)C.CC(C)C(CO)C(C)C.CC(C)C(CO)C(C)C.CC(C)CC(C)C.CC(C)CC(O)C(C)C.CC(C)CCC(C)C.CC(C)C[C@@H](O)C(C)C.CC(C)C[C@H](O)C(C)C. The monoisotopic (exact) mass is 1210 g/mol. The summed E-state index contributed by atoms with van der Waals surface area (Å²) in [5.74, 6) is 17.6. The zero-order chi connectivity index (χ0) is 69.8. The zero-order valence-electron chi connectivity index (χ0n) is 67.1. The maximum Gasteiger partial charge on any atom is 0.0565 e. The molecule has 0 radical (unpaired) electrons. The molecule has 0 aromatic heterocycles. The van der Waals surface area contributed by atoms with Crippen LogP contribution < -0.4 is 0 Å². The molecule has 0 aliphatic rings. The van der Waals surface area contributed by atoms with E-state index in [1.807, 2.05) is 41.5 Å². The van der Waals surface area contributed by atoms with Crippen LogP contribution in [0.3, 0.4) is 0 Å². The van der Waals surface area contributed by atoms with Gasteiger partial charge in [0.1, 0.15) is 0 Å². The molecular formula is C79H178O5. The van der Waals surface area contributed by atoms with Crippen LogP contribution in [-0.4, -0.2) is 57.1 Å². The van der Waals surface area contributed by atoms with Crippen LogP contribution in [-0.2, 0) is 0 Å². The minimum atomic E-state index is -0.106. The van der Waals surface area contributed by atoms with Crippen LogP contribution in [0.4, 0.5) is 0 Å². The zero-order valence-corrected chi connectivity index (χ0v) is 67.1. The van der Waals surface area contributed by atoms with Crippen molar-refractivity contribution in [1.82, 2.24) is 0 Å². The quantitative estimate of drug-likeness (QED) is 0.0594. The van der Waals surface area contributed by atoms with Crippen LogP contribution in [0.25, 0.3) is 0 Å². The van der Waals surface area contributed by atoms with Crippen molar-refractivity contribution >= 4 is 0 Å². The van der Waals surface area contributed by atoms with E-state index >= 15 is 0 Å². The Kier molecular flexibility index (Phi) is 82.6. The second-order valence-corrected chi connectivity index (χ2v) is 33.4. The topological polar surface area (TPSA) is 101 Å². The number of hydrogen-bond donors (Lipinski definition) is 5. The smallest absolute Gasteiger partial charge is 0.0565 e. The third kappa shape index (κ3) is 90.5. The summed E-state index contributed by atoms with van der Waals surface area (Å²) < 4.78 is 0. The third-order valence-electron chi connectivity index (χ3n) is 16.9. The number of rotatable bonds is 26. The molecule has 0 aromatic carbocycles. The van der Waals surface area contributed by atoms with Crippen molar-refractivity contribution in [2.75, 3.05) is 13.2 Å². The summed E-state index contributed by atoms with van der Waals surface area (Å²) in [4.78, 5) is 0. The Balaban J connectivity index is -0.0000000906. The fourth-order valence-corrected chi connectivity index (χ4v) is 8.57. The van der Waals surface area contributed by atoms with Crippen molar-refractivity contribution in [3.63, 3.8) is 0 Å². The molecule has 0 aromatic rings. The average molecular weight is 1210 g/mol. The van der Waals surface area contributed by atoms with Gasteiger partial charge < -0.3 is 25.5 Å². The van der Waals surface area contributed by atoms with Crippen LogP contribution in [0.15, 0.2) is 0 Å². The van der Waals surface area contributed by atoms with E-state index in [0.717, 1.165) is 96.2 Å². The molecule has 0 aliphatic carbocycles. The Hall–Kier alpha value is -0.200. The summed E-state index contributed by atoms with van der Waals surface area (Å²) in [5.41, 5.74) is 0. The Morgan fingerprint density at radius 1 is 0.179 bits per heavy atom. The van der Waals surface area contributed by atoms with Gasteiger partial charge in [-0.15, -0.1) is 0 Å². The first-order valence-corrected chi connectivity index (χ1v) is 36.0. The van der Waals surface area contributed by atoms with E-state index in [-0.39, 0.29) is 18.3 Å². The van der Waals surface area contributed by atoms with Gasteiger partial charge >= 0.3 is 0 Å². The molecule has 524 valence electrons. The fourth-order valence-electron chi connectivity index (χ4n) is 8.57. The van der Waals surface area contributed by atoms with Crippen LogP contribution in [0.1, 0.15) is 336 Å². The Morgan fingerprint density at radius 2 is 0.321 bits per heavy atom. The molecule has 0 aliphatic heterocycles. The van der Waals surface area contributed by atoms with E-state index < -0.39 is 0 Å². The largest absolute Gasteiger partial charge is 0.396 e. The minimum absolute atomic E-state index is 0.106. The Morgan fingerprint density at radius 3 is 0.345 bits per heavy atom. The normalized spacial score (nSPS) is 12.8. The first-order chi connectivity index (χ1) is 37.7. The molecule has 0 saturated carbocycles. The standard InChI is InChI=1S/5C8H18O.4C8H18.C7H16/c2*1-6(2)8(5-9)7(3)4;3*1-6(2)5-8(9)7(3)4;1-7(2)5-6-8(3)4;3*1-6(2)8(5)7(3)4;1-6(2)5-7(3)4/h5*6-9H,5H2,1-4H3;7-8H,5-6H2,1-4H3;3*6-8H,1-5H3;6-7H,5H2,1-4H3/t;;2*8-;;;;;;/m..10....../s1. The molecule has 3 atom stereocenters. The van der Waals surface area contributed by atoms with Gasteiger partial charge in [-0.1, -0.05) is 311 Å². The van der Waals surface area contributed by atoms with Crippen LogP contribution in [0.5, 0.6) is 0 Å². The van der Waals surface area contributed by atoms with E-state index in [1.165, 1.54) is 19.3 Å². The second kappa shape index (κ2) is 65.7. The van der Waals surface area contributed by atoms with E-state index in [1.54, 1.807) is 0 Å². The van der Waals surface area contributed by atoms with Crippen molar-refractivity contribution in [2.45, 2.75) is 355 Å². The summed E-state index contributed by atoms with van der Waals surface area (Å²) in [7, 11) is 0. The molecule has 0 heterocycles. The van der Waals surface area contributed by atoms with Crippen molar-refractivity contribution in [3.8, 4) is 0 Å². The lowest BCUT2D eigenvalue weighted by molar-refractivity contribution is 0.102. The van der Waals surface area contributed by atoms with E-state index in [2.05, 4.69) is 256 Å². The predicted octanol–water partition coefficient (Wildman–Crippen LogP) is 24.5. The summed E-state index contributed by atoms with van der Waals surface area (Å²) in [5, 5.41) is 45.6. The molecule has 0 rings (SSSR count). The molecule has 1 unspecified atom stereocenters. The highest BCUT2D eigenvalue weighted by molar-refractivity contribution is 4.67. The van der Waals surface area contributed by atoms with Gasteiger partial charge in [0.05, 0.1) is 18.3 Å². The van der Waals surface area contributed by atoms with Gasteiger partial charge in [0.2, 0.25) is 0 Å². The fraction of sp³-hybridized carbons (Fsp3) is 1.00. The van der Waals surface area contributed by atoms with Crippen LogP contribution >= 0.6 is 0 Å². The van der Waals surface area contributed by atoms with Crippen LogP contribution in [0, 0.1) is 148 Å². The van der Waals surface area contributed by atoms with Gasteiger partial charge in [0.25, 0.3) is 0 Å². The molecule has 5 nitrogen and oxygen atoms in total. The van der Waals surface area contributed by atoms with E-state index in [0.29, 0.717) is 84.2 Å². The van der Waals surface area contributed by atoms with Crippen molar-refractivity contribution in [1.29, 1.82) is 0 Å². The maximum absolute atomic E-state index is 9.30. The molecule has 84 heavy (non-hydrogen) atoms. The van der Waals surface area contributed by atoms with Crippen molar-refractivity contribution in [2.24, 2.45) is 148 Å². The maximum atomic E-state index is 9.30. The highest BCUT2D eigenvalue weighted by Crippen LogP contribution is 2.22. The molecule has 0 amide bonds. The van der Waals surface area contributed by atoms with Gasteiger partial charge in [-0.25, -0.2) is 0 Å². The average Bonchev–Trinajstić information content (AvgIpc) is 3.30. The predicted molar refractivity (Wildman–Crippen MR) is 391 cm³/mol. The third-order valence-corrected chi connectivity index (χ3v) is 16.9. The first-order valence-electron chi connectivity index (χ1n) is 36.0. The van der Waals surface area contributed by atoms with Gasteiger partial charge in [0.15, 0.2) is 0 Å². The molecule has 0 bridgehead atoms. The minimum Gasteiger partial charge on any atom is -0.396 e. The number of aliphatic hydroxyl groups excluding tert-OH is 5. The summed E-state index contributed by atoms with van der Waals surface area (Å²) >= 11 is 0.